The van der Waals surface area contributed by atoms with Gasteiger partial charge in [0.1, 0.15) is 5.75 Å². The molecule has 2 atom stereocenters. The quantitative estimate of drug-likeness (QED) is 0.714. The summed E-state index contributed by atoms with van der Waals surface area (Å²) in [5, 5.41) is 15.5. The van der Waals surface area contributed by atoms with E-state index in [4.69, 9.17) is 4.74 Å². The van der Waals surface area contributed by atoms with Crippen molar-refractivity contribution in [2.75, 3.05) is 30.4 Å². The molecule has 0 bridgehead atoms. The largest absolute Gasteiger partial charge is 0.497 e. The van der Waals surface area contributed by atoms with Crippen molar-refractivity contribution >= 4 is 23.2 Å². The molecule has 2 amide bonds. The second kappa shape index (κ2) is 8.23. The van der Waals surface area contributed by atoms with Gasteiger partial charge in [-0.1, -0.05) is 18.2 Å². The smallest absolute Gasteiger partial charge is 0.241 e. The summed E-state index contributed by atoms with van der Waals surface area (Å²) in [6.45, 7) is 1.06. The van der Waals surface area contributed by atoms with E-state index in [2.05, 4.69) is 10.6 Å². The Morgan fingerprint density at radius 2 is 2.14 bits per heavy atom. The lowest BCUT2D eigenvalue weighted by Gasteiger charge is -2.19. The van der Waals surface area contributed by atoms with Gasteiger partial charge in [0, 0.05) is 24.5 Å². The van der Waals surface area contributed by atoms with E-state index in [1.165, 1.54) is 0 Å². The number of hydrogen-bond donors (Lipinski definition) is 3. The Bertz CT molecular complexity index is 930. The van der Waals surface area contributed by atoms with E-state index in [-0.39, 0.29) is 18.2 Å². The number of nitrogens with one attached hydrogen (secondary N) is 2. The number of aliphatic hydroxyl groups excluding tert-OH is 1. The van der Waals surface area contributed by atoms with Gasteiger partial charge in [-0.3, -0.25) is 9.59 Å². The number of carbonyl (C=O) groups excluding carboxylic acids is 2. The number of carbonyl (C=O) groups is 2. The second-order valence-corrected chi connectivity index (χ2v) is 7.51. The Kier molecular flexibility index (Phi) is 5.51. The van der Waals surface area contributed by atoms with Crippen molar-refractivity contribution in [2.45, 2.75) is 31.4 Å². The average Bonchev–Trinajstić information content (AvgIpc) is 3.34. The molecule has 0 aliphatic carbocycles. The van der Waals surface area contributed by atoms with Gasteiger partial charge in [0.25, 0.3) is 0 Å². The van der Waals surface area contributed by atoms with Gasteiger partial charge in [-0.05, 0) is 48.2 Å². The monoisotopic (exact) mass is 395 g/mol. The van der Waals surface area contributed by atoms with Crippen LogP contribution in [0.3, 0.4) is 0 Å². The predicted molar refractivity (Wildman–Crippen MR) is 110 cm³/mol. The molecule has 2 unspecified atom stereocenters. The van der Waals surface area contributed by atoms with Gasteiger partial charge >= 0.3 is 0 Å². The van der Waals surface area contributed by atoms with Crippen LogP contribution in [0.25, 0.3) is 0 Å². The summed E-state index contributed by atoms with van der Waals surface area (Å²) in [7, 11) is 1.61. The molecular formula is C22H25N3O4. The van der Waals surface area contributed by atoms with Crippen LogP contribution in [0.5, 0.6) is 5.75 Å². The number of benzene rings is 2. The Morgan fingerprint density at radius 3 is 2.90 bits per heavy atom. The van der Waals surface area contributed by atoms with E-state index in [1.54, 1.807) is 12.0 Å². The lowest BCUT2D eigenvalue weighted by atomic mass is 10.1. The van der Waals surface area contributed by atoms with Crippen molar-refractivity contribution in [1.29, 1.82) is 0 Å². The normalized spacial score (nSPS) is 20.4. The average molecular weight is 395 g/mol. The molecular weight excluding hydrogens is 370 g/mol. The van der Waals surface area contributed by atoms with Crippen molar-refractivity contribution in [3.8, 4) is 5.75 Å². The van der Waals surface area contributed by atoms with Crippen LogP contribution in [0.2, 0.25) is 0 Å². The third-order valence-corrected chi connectivity index (χ3v) is 5.46. The van der Waals surface area contributed by atoms with Gasteiger partial charge in [-0.25, -0.2) is 0 Å². The zero-order valence-corrected chi connectivity index (χ0v) is 16.4. The molecule has 3 N–H and O–H groups in total. The van der Waals surface area contributed by atoms with Crippen molar-refractivity contribution in [1.82, 2.24) is 5.32 Å². The Morgan fingerprint density at radius 1 is 1.28 bits per heavy atom. The summed E-state index contributed by atoms with van der Waals surface area (Å²) in [6, 6.07) is 12.8. The Hall–Kier alpha value is -2.90. The van der Waals surface area contributed by atoms with Crippen molar-refractivity contribution in [3.05, 3.63) is 53.6 Å². The van der Waals surface area contributed by atoms with E-state index < -0.39 is 12.1 Å². The molecule has 2 aliphatic heterocycles. The summed E-state index contributed by atoms with van der Waals surface area (Å²) >= 11 is 0. The number of anilines is 2. The van der Waals surface area contributed by atoms with E-state index in [1.807, 2.05) is 42.5 Å². The van der Waals surface area contributed by atoms with Crippen LogP contribution in [0, 0.1) is 0 Å². The number of hydrogen-bond acceptors (Lipinski definition) is 5. The third kappa shape index (κ3) is 4.26. The number of rotatable bonds is 5. The highest BCUT2D eigenvalue weighted by atomic mass is 16.5. The maximum absolute atomic E-state index is 12.9. The first-order valence-electron chi connectivity index (χ1n) is 9.82. The van der Waals surface area contributed by atoms with Gasteiger partial charge in [0.2, 0.25) is 11.8 Å². The fourth-order valence-electron chi connectivity index (χ4n) is 3.91. The number of fused-ring (bicyclic) bond motifs is 1. The predicted octanol–water partition coefficient (Wildman–Crippen LogP) is 1.49. The zero-order valence-electron chi connectivity index (χ0n) is 16.4. The van der Waals surface area contributed by atoms with Crippen LogP contribution < -0.4 is 20.3 Å². The van der Waals surface area contributed by atoms with Crippen molar-refractivity contribution in [2.24, 2.45) is 0 Å². The summed E-state index contributed by atoms with van der Waals surface area (Å²) in [5.41, 5.74) is 3.49. The highest BCUT2D eigenvalue weighted by Gasteiger charge is 2.29. The zero-order chi connectivity index (χ0) is 20.4. The van der Waals surface area contributed by atoms with E-state index in [0.717, 1.165) is 29.0 Å². The fraction of sp³-hybridized carbons (Fsp3) is 0.364. The van der Waals surface area contributed by atoms with Gasteiger partial charge in [0.15, 0.2) is 0 Å². The first kappa shape index (κ1) is 19.4. The number of methoxy groups -OCH3 is 1. The first-order chi connectivity index (χ1) is 14.0. The van der Waals surface area contributed by atoms with Crippen molar-refractivity contribution in [3.63, 3.8) is 0 Å². The maximum Gasteiger partial charge on any atom is 0.241 e. The fourth-order valence-corrected chi connectivity index (χ4v) is 3.91. The summed E-state index contributed by atoms with van der Waals surface area (Å²) in [4.78, 5) is 27.1. The highest BCUT2D eigenvalue weighted by Crippen LogP contribution is 2.31. The standard InChI is InChI=1S/C22H25N3O4/c1-29-18-4-2-3-14(9-18)10-21(27)25-8-7-15-5-6-16(11-20(15)25)24-22(28)19-12-17(26)13-23-19/h2-6,9,11,17,19,23,26H,7-8,10,12-13H2,1H3,(H,24,28). The SMILES string of the molecule is COc1cccc(CC(=O)N2CCc3ccc(NC(=O)C4CC(O)CN4)cc32)c1. The van der Waals surface area contributed by atoms with Gasteiger partial charge in [0.05, 0.1) is 25.7 Å². The molecule has 4 rings (SSSR count). The van der Waals surface area contributed by atoms with Gasteiger partial charge in [-0.2, -0.15) is 0 Å². The Balaban J connectivity index is 1.46. The number of amides is 2. The van der Waals surface area contributed by atoms with E-state index in [9.17, 15) is 14.7 Å². The molecule has 0 aromatic heterocycles. The van der Waals surface area contributed by atoms with Crippen LogP contribution in [-0.4, -0.2) is 49.3 Å². The van der Waals surface area contributed by atoms with E-state index in [0.29, 0.717) is 25.2 Å². The number of aliphatic hydroxyl groups is 1. The van der Waals surface area contributed by atoms with Gasteiger partial charge < -0.3 is 25.4 Å². The molecule has 1 saturated heterocycles. The summed E-state index contributed by atoms with van der Waals surface area (Å²) in [6.07, 6.45) is 0.999. The van der Waals surface area contributed by atoms with Crippen LogP contribution in [0.1, 0.15) is 17.5 Å². The molecule has 2 heterocycles. The molecule has 0 saturated carbocycles. The molecule has 0 radical (unpaired) electrons. The van der Waals surface area contributed by atoms with Crippen molar-refractivity contribution < 1.29 is 19.4 Å². The molecule has 152 valence electrons. The molecule has 2 aromatic carbocycles. The molecule has 29 heavy (non-hydrogen) atoms. The van der Waals surface area contributed by atoms with Gasteiger partial charge in [-0.15, -0.1) is 0 Å². The Labute approximate surface area is 169 Å². The van der Waals surface area contributed by atoms with E-state index >= 15 is 0 Å². The minimum atomic E-state index is -0.490. The topological polar surface area (TPSA) is 90.9 Å². The minimum absolute atomic E-state index is 0.0149. The molecule has 7 nitrogen and oxygen atoms in total. The highest BCUT2D eigenvalue weighted by molar-refractivity contribution is 5.99. The molecule has 0 spiro atoms. The molecule has 7 heteroatoms. The third-order valence-electron chi connectivity index (χ3n) is 5.46. The number of ether oxygens (including phenoxy) is 1. The molecule has 2 aliphatic rings. The lowest BCUT2D eigenvalue weighted by molar-refractivity contribution is -0.118. The maximum atomic E-state index is 12.9. The van der Waals surface area contributed by atoms with Crippen LogP contribution >= 0.6 is 0 Å². The summed E-state index contributed by atoms with van der Waals surface area (Å²) < 4.78 is 5.23. The number of nitrogens with zero attached hydrogens (tertiary/aromatic N) is 1. The first-order valence-corrected chi connectivity index (χ1v) is 9.82. The number of β-amino-alcohol motifs (C(OH)–C–C–N with tert-alkyl or cyclic N) is 1. The minimum Gasteiger partial charge on any atom is -0.497 e. The van der Waals surface area contributed by atoms with Crippen LogP contribution in [-0.2, 0) is 22.4 Å². The lowest BCUT2D eigenvalue weighted by Crippen LogP contribution is -2.35. The van der Waals surface area contributed by atoms with Crippen LogP contribution in [0.15, 0.2) is 42.5 Å². The summed E-state index contributed by atoms with van der Waals surface area (Å²) in [5.74, 6) is 0.572. The van der Waals surface area contributed by atoms with Crippen LogP contribution in [0.4, 0.5) is 11.4 Å². The molecule has 1 fully saturated rings. The molecule has 2 aromatic rings. The second-order valence-electron chi connectivity index (χ2n) is 7.51.